The molecule has 4 nitrogen and oxygen atoms in total. The number of hydrogen-bond donors (Lipinski definition) is 0. The Kier molecular flexibility index (Phi) is 8.12. The van der Waals surface area contributed by atoms with Crippen LogP contribution in [0, 0.1) is 53.3 Å². The van der Waals surface area contributed by atoms with Gasteiger partial charge in [0.2, 0.25) is 0 Å². The lowest BCUT2D eigenvalue weighted by Crippen LogP contribution is -2.48. The molecular weight excluding hydrogens is 815 g/mol. The van der Waals surface area contributed by atoms with Crippen molar-refractivity contribution in [1.82, 2.24) is 15.0 Å². The first-order valence-corrected chi connectivity index (χ1v) is 26.9. The van der Waals surface area contributed by atoms with Gasteiger partial charge < -0.3 is 4.42 Å². The Bertz CT molecular complexity index is 2910. The zero-order chi connectivity index (χ0) is 43.6. The third kappa shape index (κ3) is 6.05. The lowest BCUT2D eigenvalue weighted by atomic mass is 9.48. The van der Waals surface area contributed by atoms with E-state index in [1.54, 1.807) is 5.56 Å². The van der Waals surface area contributed by atoms with Crippen molar-refractivity contribution in [1.29, 1.82) is 0 Å². The fourth-order valence-electron chi connectivity index (χ4n) is 19.3. The Labute approximate surface area is 395 Å². The summed E-state index contributed by atoms with van der Waals surface area (Å²) in [5.41, 5.74) is 13.0. The van der Waals surface area contributed by atoms with Crippen molar-refractivity contribution >= 4 is 21.9 Å². The van der Waals surface area contributed by atoms with Crippen molar-refractivity contribution < 1.29 is 4.42 Å². The summed E-state index contributed by atoms with van der Waals surface area (Å²) >= 11 is 0. The maximum Gasteiger partial charge on any atom is 0.167 e. The van der Waals surface area contributed by atoms with Crippen LogP contribution in [0.15, 0.2) is 114 Å². The van der Waals surface area contributed by atoms with Crippen molar-refractivity contribution in [2.24, 2.45) is 53.3 Å². The number of furan rings is 1. The van der Waals surface area contributed by atoms with Gasteiger partial charge in [-0.05, 0) is 231 Å². The normalized spacial score (nSPS) is 36.2. The molecule has 5 aromatic carbocycles. The molecule has 0 atom stereocenters. The Balaban J connectivity index is 0.767. The average molecular weight is 878 g/mol. The first-order chi connectivity index (χ1) is 32.9. The molecule has 4 heteroatoms. The molecule has 12 saturated carbocycles. The zero-order valence-corrected chi connectivity index (χ0v) is 39.1. The summed E-state index contributed by atoms with van der Waals surface area (Å²) in [4.78, 5) is 16.0. The van der Waals surface area contributed by atoms with E-state index in [2.05, 4.69) is 109 Å². The van der Waals surface area contributed by atoms with Crippen molar-refractivity contribution in [2.75, 3.05) is 0 Å². The molecule has 12 aliphatic rings. The highest BCUT2D eigenvalue weighted by atomic mass is 16.3. The van der Waals surface area contributed by atoms with Crippen LogP contribution in [0.3, 0.4) is 0 Å². The van der Waals surface area contributed by atoms with Crippen LogP contribution in [0.25, 0.3) is 67.2 Å². The third-order valence-corrected chi connectivity index (χ3v) is 20.8. The number of nitrogens with zero attached hydrogens (tertiary/aromatic N) is 3. The lowest BCUT2D eigenvalue weighted by Gasteiger charge is -2.57. The monoisotopic (exact) mass is 877 g/mol. The van der Waals surface area contributed by atoms with Crippen molar-refractivity contribution in [3.63, 3.8) is 0 Å². The van der Waals surface area contributed by atoms with Crippen LogP contribution in [-0.4, -0.2) is 15.0 Å². The molecule has 12 bridgehead atoms. The average Bonchev–Trinajstić information content (AvgIpc) is 3.71. The SMILES string of the molecule is c1cc(-c2nc(-c3ccc(C45CC6CC(CC(C6)C4)C5)cc3)nc(-c3ccc(C45CC6CC(CC(C6)C4)C5)cc3)n2)c2oc3ccc(-c4ccc(C56CC7CC(CC(C7)C5)C6)cc4)cc3c2c1. The van der Waals surface area contributed by atoms with Crippen LogP contribution in [0.1, 0.15) is 132 Å². The Morgan fingerprint density at radius 2 is 0.701 bits per heavy atom. The van der Waals surface area contributed by atoms with E-state index in [0.29, 0.717) is 22.1 Å². The van der Waals surface area contributed by atoms with Crippen LogP contribution in [0.2, 0.25) is 0 Å². The summed E-state index contributed by atoms with van der Waals surface area (Å²) < 4.78 is 6.84. The van der Waals surface area contributed by atoms with Crippen LogP contribution in [-0.2, 0) is 16.2 Å². The van der Waals surface area contributed by atoms with E-state index < -0.39 is 0 Å². The van der Waals surface area contributed by atoms with E-state index in [-0.39, 0.29) is 0 Å². The minimum atomic E-state index is 0.357. The van der Waals surface area contributed by atoms with Gasteiger partial charge in [-0.25, -0.2) is 15.0 Å². The maximum atomic E-state index is 6.84. The summed E-state index contributed by atoms with van der Waals surface area (Å²) in [5.74, 6) is 10.5. The number of benzene rings is 5. The lowest BCUT2D eigenvalue weighted by molar-refractivity contribution is -0.00530. The van der Waals surface area contributed by atoms with Gasteiger partial charge in [-0.2, -0.15) is 0 Å². The van der Waals surface area contributed by atoms with Crippen LogP contribution in [0.4, 0.5) is 0 Å². The van der Waals surface area contributed by atoms with Crippen LogP contribution in [0.5, 0.6) is 0 Å². The molecule has 0 aliphatic heterocycles. The number of para-hydroxylation sites is 1. The topological polar surface area (TPSA) is 51.8 Å². The predicted molar refractivity (Wildman–Crippen MR) is 268 cm³/mol. The fourth-order valence-corrected chi connectivity index (χ4v) is 19.3. The van der Waals surface area contributed by atoms with Gasteiger partial charge in [0.25, 0.3) is 0 Å². The summed E-state index contributed by atoms with van der Waals surface area (Å²) in [5, 5.41) is 2.23. The quantitative estimate of drug-likeness (QED) is 0.160. The molecule has 2 aromatic heterocycles. The standard InChI is InChI=1S/C63H63N3O/c1-2-53-55-27-49(46-4-11-50(12-5-46)61-28-37-18-38(29-61)20-39(19-37)30-61)10-17-56(55)67-57(53)54(3-1)60-65-58(47-6-13-51(14-7-47)62-31-40-21-41(32-62)23-42(22-40)33-62)64-59(66-60)48-8-15-52(16-9-48)63-34-43-24-44(35-63)26-45(25-43)36-63/h1-17,27,37-45H,18-26,28-36H2. The molecule has 0 amide bonds. The van der Waals surface area contributed by atoms with E-state index in [9.17, 15) is 0 Å². The van der Waals surface area contributed by atoms with Gasteiger partial charge in [0.1, 0.15) is 11.2 Å². The van der Waals surface area contributed by atoms with Gasteiger partial charge in [-0.3, -0.25) is 0 Å². The summed E-state index contributed by atoms with van der Waals surface area (Å²) in [7, 11) is 0. The zero-order valence-electron chi connectivity index (χ0n) is 39.1. The Morgan fingerprint density at radius 3 is 1.10 bits per heavy atom. The second-order valence-electron chi connectivity index (χ2n) is 25.1. The van der Waals surface area contributed by atoms with Gasteiger partial charge in [0.05, 0.1) is 5.56 Å². The van der Waals surface area contributed by atoms with Crippen LogP contribution < -0.4 is 0 Å². The molecule has 336 valence electrons. The summed E-state index contributed by atoms with van der Waals surface area (Å²) in [6, 6.07) is 42.0. The molecule has 19 rings (SSSR count). The number of fused-ring (bicyclic) bond motifs is 3. The van der Waals surface area contributed by atoms with E-state index in [1.807, 2.05) is 0 Å². The summed E-state index contributed by atoms with van der Waals surface area (Å²) in [6.07, 6.45) is 25.7. The molecule has 0 spiro atoms. The molecule has 0 unspecified atom stereocenters. The molecular formula is C63H63N3O. The van der Waals surface area contributed by atoms with Crippen LogP contribution >= 0.6 is 0 Å². The number of aromatic nitrogens is 3. The van der Waals surface area contributed by atoms with Gasteiger partial charge >= 0.3 is 0 Å². The molecule has 2 heterocycles. The van der Waals surface area contributed by atoms with E-state index in [4.69, 9.17) is 19.4 Å². The summed E-state index contributed by atoms with van der Waals surface area (Å²) in [6.45, 7) is 0. The number of rotatable bonds is 7. The second kappa shape index (κ2) is 14.0. The number of hydrogen-bond acceptors (Lipinski definition) is 4. The molecule has 0 N–H and O–H groups in total. The highest BCUT2D eigenvalue weighted by molar-refractivity contribution is 6.10. The van der Waals surface area contributed by atoms with Crippen molar-refractivity contribution in [3.05, 3.63) is 126 Å². The largest absolute Gasteiger partial charge is 0.455 e. The Hall–Kier alpha value is -5.09. The van der Waals surface area contributed by atoms with E-state index in [1.165, 1.54) is 138 Å². The smallest absolute Gasteiger partial charge is 0.167 e. The third-order valence-electron chi connectivity index (χ3n) is 20.8. The molecule has 0 saturated heterocycles. The molecule has 0 radical (unpaired) electrons. The molecule has 67 heavy (non-hydrogen) atoms. The van der Waals surface area contributed by atoms with Crippen molar-refractivity contribution in [2.45, 2.75) is 132 Å². The highest BCUT2D eigenvalue weighted by Gasteiger charge is 2.54. The minimum absolute atomic E-state index is 0.357. The molecule has 7 aromatic rings. The van der Waals surface area contributed by atoms with Gasteiger partial charge in [0, 0.05) is 21.9 Å². The van der Waals surface area contributed by atoms with Gasteiger partial charge in [0.15, 0.2) is 17.5 Å². The maximum absolute atomic E-state index is 6.84. The predicted octanol–water partition coefficient (Wildman–Crippen LogP) is 15.8. The Morgan fingerprint density at radius 1 is 0.343 bits per heavy atom. The van der Waals surface area contributed by atoms with E-state index in [0.717, 1.165) is 104 Å². The first kappa shape index (κ1) is 38.8. The molecule has 12 aliphatic carbocycles. The first-order valence-electron chi connectivity index (χ1n) is 26.9. The minimum Gasteiger partial charge on any atom is -0.455 e. The molecule has 12 fully saturated rings. The van der Waals surface area contributed by atoms with Crippen molar-refractivity contribution in [3.8, 4) is 45.3 Å². The van der Waals surface area contributed by atoms with E-state index >= 15 is 0 Å². The van der Waals surface area contributed by atoms with Gasteiger partial charge in [-0.1, -0.05) is 91.0 Å². The highest BCUT2D eigenvalue weighted by Crippen LogP contribution is 2.63. The van der Waals surface area contributed by atoms with Gasteiger partial charge in [-0.15, -0.1) is 0 Å². The fraction of sp³-hybridized carbons (Fsp3) is 0.476. The second-order valence-corrected chi connectivity index (χ2v) is 25.1.